The van der Waals surface area contributed by atoms with Gasteiger partial charge < -0.3 is 14.5 Å². The lowest BCUT2D eigenvalue weighted by Crippen LogP contribution is -2.29. The van der Waals surface area contributed by atoms with Crippen LogP contribution < -0.4 is 14.5 Å². The molecule has 1 unspecified atom stereocenters. The van der Waals surface area contributed by atoms with Gasteiger partial charge in [0.2, 0.25) is 0 Å². The van der Waals surface area contributed by atoms with Crippen LogP contribution >= 0.6 is 0 Å². The molecule has 1 aliphatic heterocycles. The van der Waals surface area contributed by atoms with E-state index in [0.717, 1.165) is 89.5 Å². The summed E-state index contributed by atoms with van der Waals surface area (Å²) in [6.07, 6.45) is 1.91. The molecule has 0 radical (unpaired) electrons. The zero-order valence-electron chi connectivity index (χ0n) is 43.0. The predicted molar refractivity (Wildman–Crippen MR) is 314 cm³/mol. The first-order chi connectivity index (χ1) is 37.7. The molecule has 0 bridgehead atoms. The second-order valence-electron chi connectivity index (χ2n) is 21.3. The van der Waals surface area contributed by atoms with Gasteiger partial charge in [0.1, 0.15) is 29.8 Å². The largest absolute Gasteiger partial charge is 0.457 e. The number of aromatic nitrogens is 2. The number of rotatable bonds is 9. The third-order valence-corrected chi connectivity index (χ3v) is 15.8. The lowest BCUT2D eigenvalue weighted by atomic mass is 9.67. The van der Waals surface area contributed by atoms with Gasteiger partial charge in [-0.05, 0) is 122 Å². The molecule has 370 valence electrons. The number of para-hydroxylation sites is 4. The van der Waals surface area contributed by atoms with Crippen LogP contribution in [0, 0.1) is 5.82 Å². The summed E-state index contributed by atoms with van der Waals surface area (Å²) in [5.41, 5.74) is 17.7. The van der Waals surface area contributed by atoms with Gasteiger partial charge in [-0.3, -0.25) is 4.57 Å². The second kappa shape index (κ2) is 18.1. The Kier molecular flexibility index (Phi) is 10.8. The van der Waals surface area contributed by atoms with E-state index in [1.54, 1.807) is 12.1 Å². The molecule has 0 N–H and O–H groups in total. The van der Waals surface area contributed by atoms with Crippen LogP contribution in [0.15, 0.2) is 255 Å². The molecule has 6 heteroatoms. The molecule has 0 saturated carbocycles. The van der Waals surface area contributed by atoms with Crippen molar-refractivity contribution in [2.45, 2.75) is 31.6 Å². The van der Waals surface area contributed by atoms with Crippen molar-refractivity contribution in [3.05, 3.63) is 289 Å². The summed E-state index contributed by atoms with van der Waals surface area (Å²) in [5.74, 6) is 1.91. The van der Waals surface area contributed by atoms with E-state index in [0.29, 0.717) is 12.4 Å². The van der Waals surface area contributed by atoms with Gasteiger partial charge in [0, 0.05) is 45.9 Å². The maximum Gasteiger partial charge on any atom is 0.137 e. The topological polar surface area (TPSA) is 33.5 Å². The van der Waals surface area contributed by atoms with Crippen molar-refractivity contribution in [1.29, 1.82) is 0 Å². The number of hydrogen-bond acceptors (Lipinski definition) is 4. The molecule has 0 amide bonds. The summed E-state index contributed by atoms with van der Waals surface area (Å²) in [6.45, 7) is 7.30. The highest BCUT2D eigenvalue weighted by molar-refractivity contribution is 6.09. The number of anilines is 4. The van der Waals surface area contributed by atoms with E-state index in [1.165, 1.54) is 27.8 Å². The highest BCUT2D eigenvalue weighted by Crippen LogP contribution is 2.57. The molecule has 0 spiro atoms. The molecule has 3 heterocycles. The third kappa shape index (κ3) is 7.54. The molecule has 12 aromatic rings. The second-order valence-corrected chi connectivity index (χ2v) is 21.3. The molecular weight excluding hydrogens is 944 g/mol. The Morgan fingerprint density at radius 1 is 0.468 bits per heavy atom. The van der Waals surface area contributed by atoms with Crippen molar-refractivity contribution in [3.63, 3.8) is 0 Å². The zero-order chi connectivity index (χ0) is 51.8. The lowest BCUT2D eigenvalue weighted by molar-refractivity contribution is 0.483. The Bertz CT molecular complexity index is 4180. The van der Waals surface area contributed by atoms with Gasteiger partial charge in [-0.1, -0.05) is 191 Å². The van der Waals surface area contributed by atoms with Gasteiger partial charge in [0.05, 0.1) is 33.5 Å². The Morgan fingerprint density at radius 3 is 1.84 bits per heavy atom. The van der Waals surface area contributed by atoms with E-state index in [2.05, 4.69) is 260 Å². The van der Waals surface area contributed by atoms with Crippen LogP contribution in [0.5, 0.6) is 11.5 Å². The molecule has 0 saturated heterocycles. The number of ether oxygens (including phenoxy) is 1. The van der Waals surface area contributed by atoms with Gasteiger partial charge in [0.25, 0.3) is 0 Å². The van der Waals surface area contributed by atoms with E-state index in [1.807, 2.05) is 18.3 Å². The molecular formula is C71H53FN4O. The fourth-order valence-corrected chi connectivity index (χ4v) is 12.3. The Labute approximate surface area is 448 Å². The highest BCUT2D eigenvalue weighted by Gasteiger charge is 2.47. The molecule has 2 aliphatic rings. The van der Waals surface area contributed by atoms with Crippen LogP contribution in [0.2, 0.25) is 0 Å². The molecule has 1 atom stereocenters. The molecule has 1 aliphatic carbocycles. The van der Waals surface area contributed by atoms with Crippen LogP contribution in [0.4, 0.5) is 27.1 Å². The summed E-state index contributed by atoms with van der Waals surface area (Å²) < 4.78 is 24.9. The minimum absolute atomic E-state index is 0.0406. The normalized spacial score (nSPS) is 14.7. The summed E-state index contributed by atoms with van der Waals surface area (Å²) in [5, 5.41) is 2.19. The van der Waals surface area contributed by atoms with Crippen LogP contribution in [0.25, 0.3) is 61.0 Å². The van der Waals surface area contributed by atoms with E-state index in [-0.39, 0.29) is 11.2 Å². The Balaban J connectivity index is 0.860. The maximum absolute atomic E-state index is 15.8. The first kappa shape index (κ1) is 46.0. The number of pyridine rings is 1. The number of benzene rings is 10. The van der Waals surface area contributed by atoms with Crippen LogP contribution in [0.1, 0.15) is 48.6 Å². The Morgan fingerprint density at radius 2 is 1.09 bits per heavy atom. The van der Waals surface area contributed by atoms with Gasteiger partial charge in [-0.2, -0.15) is 0 Å². The number of halogens is 1. The average molecular weight is 997 g/mol. The van der Waals surface area contributed by atoms with Gasteiger partial charge in [-0.15, -0.1) is 0 Å². The highest BCUT2D eigenvalue weighted by atomic mass is 19.1. The molecule has 77 heavy (non-hydrogen) atoms. The van der Waals surface area contributed by atoms with Crippen LogP contribution in [0.3, 0.4) is 0 Å². The number of hydrogen-bond donors (Lipinski definition) is 0. The first-order valence-corrected chi connectivity index (χ1v) is 26.4. The van der Waals surface area contributed by atoms with E-state index >= 15 is 4.39 Å². The van der Waals surface area contributed by atoms with Crippen molar-refractivity contribution in [3.8, 4) is 50.7 Å². The summed E-state index contributed by atoms with van der Waals surface area (Å²) in [6, 6.07) is 87.0. The monoisotopic (exact) mass is 996 g/mol. The summed E-state index contributed by atoms with van der Waals surface area (Å²) in [4.78, 5) is 9.98. The SMILES string of the molecule is CC(C)(C)c1ccc(C2(c3ccnc(-n4c5ccccc5c5ccc(Oc6cccc(N7CN(c8c(-c9ccccc9)cccc8-c8ccccc8)c8ccccc87)c6)cc54)c3)c3ccccc3-c3ccc(F)cc32)cc1. The molecule has 2 aromatic heterocycles. The van der Waals surface area contributed by atoms with Crippen molar-refractivity contribution < 1.29 is 9.13 Å². The van der Waals surface area contributed by atoms with Gasteiger partial charge in [0.15, 0.2) is 0 Å². The van der Waals surface area contributed by atoms with Crippen LogP contribution in [-0.2, 0) is 10.8 Å². The van der Waals surface area contributed by atoms with Gasteiger partial charge in [-0.25, -0.2) is 9.37 Å². The minimum Gasteiger partial charge on any atom is -0.457 e. The van der Waals surface area contributed by atoms with Gasteiger partial charge >= 0.3 is 0 Å². The fourth-order valence-electron chi connectivity index (χ4n) is 12.3. The van der Waals surface area contributed by atoms with E-state index in [4.69, 9.17) is 9.72 Å². The molecule has 14 rings (SSSR count). The quantitative estimate of drug-likeness (QED) is 0.144. The first-order valence-electron chi connectivity index (χ1n) is 26.4. The molecule has 5 nitrogen and oxygen atoms in total. The Hall–Kier alpha value is -9.52. The smallest absolute Gasteiger partial charge is 0.137 e. The molecule has 0 fully saturated rings. The third-order valence-electron chi connectivity index (χ3n) is 15.8. The standard InChI is InChI=1S/C71H53FN4O/c1-70(2,3)49-32-34-50(35-33-49)71(62-28-12-10-24-58(62)59-38-36-52(72)43-63(59)71)51-40-41-73-68(42-51)76-64-29-13-11-25-60(64)61-39-37-55(45-67(61)76)77-54-23-16-22-53(44-54)74-46-75(66-31-15-14-30-65(66)74)69-56(47-18-6-4-7-19-47)26-17-27-57(69)48-20-8-5-9-21-48/h4-45H,46H2,1-3H3. The van der Waals surface area contributed by atoms with Crippen molar-refractivity contribution in [1.82, 2.24) is 9.55 Å². The summed E-state index contributed by atoms with van der Waals surface area (Å²) in [7, 11) is 0. The number of fused-ring (bicyclic) bond motifs is 7. The fraction of sp³-hybridized carbons (Fsp3) is 0.0845. The van der Waals surface area contributed by atoms with E-state index in [9.17, 15) is 0 Å². The zero-order valence-corrected chi connectivity index (χ0v) is 43.0. The van der Waals surface area contributed by atoms with E-state index < -0.39 is 5.41 Å². The van der Waals surface area contributed by atoms with Crippen molar-refractivity contribution in [2.24, 2.45) is 0 Å². The van der Waals surface area contributed by atoms with Crippen LogP contribution in [-0.4, -0.2) is 16.2 Å². The average Bonchev–Trinajstić information content (AvgIpc) is 4.33. The predicted octanol–water partition coefficient (Wildman–Crippen LogP) is 18.4. The minimum atomic E-state index is -0.831. The number of nitrogens with zero attached hydrogens (tertiary/aromatic N) is 4. The van der Waals surface area contributed by atoms with Crippen molar-refractivity contribution >= 4 is 44.6 Å². The maximum atomic E-state index is 15.8. The van der Waals surface area contributed by atoms with Crippen molar-refractivity contribution in [2.75, 3.05) is 16.5 Å². The summed E-state index contributed by atoms with van der Waals surface area (Å²) >= 11 is 0. The molecule has 10 aromatic carbocycles. The lowest BCUT2D eigenvalue weighted by Gasteiger charge is -2.34.